The number of hydrogen-bond donors (Lipinski definition) is 2. The van der Waals surface area contributed by atoms with E-state index in [2.05, 4.69) is 20.5 Å². The summed E-state index contributed by atoms with van der Waals surface area (Å²) in [5, 5.41) is 10.8. The summed E-state index contributed by atoms with van der Waals surface area (Å²) in [6, 6.07) is 12.9. The number of anilines is 1. The molecule has 1 amide bonds. The molecule has 0 saturated heterocycles. The summed E-state index contributed by atoms with van der Waals surface area (Å²) in [5.41, 5.74) is 2.89. The molecule has 0 atom stereocenters. The Kier molecular flexibility index (Phi) is 5.59. The lowest BCUT2D eigenvalue weighted by atomic mass is 10.2. The quantitative estimate of drug-likeness (QED) is 0.474. The standard InChI is InChI=1S/C22H23N5O4/c1-27-16-11-19(31-4)18(30-3)10-14(16)9-17(27)22(28)23-15-7-5-13(6-8-15)21-24-20(12-29-2)25-26-21/h5-11H,12H2,1-4H3,(H,23,28)(H,24,25,26). The number of H-pyrrole nitrogens is 1. The Labute approximate surface area is 179 Å². The fourth-order valence-corrected chi connectivity index (χ4v) is 3.41. The highest BCUT2D eigenvalue weighted by molar-refractivity contribution is 6.06. The molecular formula is C22H23N5O4. The number of benzene rings is 2. The molecular weight excluding hydrogens is 398 g/mol. The maximum absolute atomic E-state index is 12.9. The predicted molar refractivity (Wildman–Crippen MR) is 117 cm³/mol. The largest absolute Gasteiger partial charge is 0.493 e. The Hall–Kier alpha value is -3.85. The van der Waals surface area contributed by atoms with Gasteiger partial charge in [-0.1, -0.05) is 0 Å². The van der Waals surface area contributed by atoms with Gasteiger partial charge in [0.2, 0.25) is 0 Å². The summed E-state index contributed by atoms with van der Waals surface area (Å²) < 4.78 is 17.6. The number of nitrogens with one attached hydrogen (secondary N) is 2. The van der Waals surface area contributed by atoms with Gasteiger partial charge in [-0.15, -0.1) is 0 Å². The molecule has 2 aromatic carbocycles. The van der Waals surface area contributed by atoms with E-state index in [1.165, 1.54) is 0 Å². The van der Waals surface area contributed by atoms with Gasteiger partial charge in [-0.05, 0) is 36.4 Å². The van der Waals surface area contributed by atoms with Gasteiger partial charge in [-0.3, -0.25) is 9.89 Å². The fourth-order valence-electron chi connectivity index (χ4n) is 3.41. The third kappa shape index (κ3) is 3.95. The van der Waals surface area contributed by atoms with Crippen molar-refractivity contribution < 1.29 is 19.0 Å². The van der Waals surface area contributed by atoms with Crippen molar-refractivity contribution in [2.24, 2.45) is 7.05 Å². The van der Waals surface area contributed by atoms with Crippen LogP contribution in [0, 0.1) is 0 Å². The average molecular weight is 421 g/mol. The Bertz CT molecular complexity index is 1230. The maximum Gasteiger partial charge on any atom is 0.272 e. The molecule has 9 heteroatoms. The fraction of sp³-hybridized carbons (Fsp3) is 0.227. The second-order valence-electron chi connectivity index (χ2n) is 6.92. The zero-order valence-electron chi connectivity index (χ0n) is 17.7. The van der Waals surface area contributed by atoms with E-state index in [0.717, 1.165) is 16.5 Å². The van der Waals surface area contributed by atoms with Crippen LogP contribution < -0.4 is 14.8 Å². The lowest BCUT2D eigenvalue weighted by Crippen LogP contribution is -2.15. The second-order valence-corrected chi connectivity index (χ2v) is 6.92. The SMILES string of the molecule is COCc1nc(-c2ccc(NC(=O)c3cc4cc(OC)c(OC)cc4n3C)cc2)n[nH]1. The van der Waals surface area contributed by atoms with Gasteiger partial charge in [0.15, 0.2) is 23.1 Å². The lowest BCUT2D eigenvalue weighted by molar-refractivity contribution is 0.101. The Morgan fingerprint density at radius 1 is 1.06 bits per heavy atom. The van der Waals surface area contributed by atoms with Crippen molar-refractivity contribution in [2.45, 2.75) is 6.61 Å². The summed E-state index contributed by atoms with van der Waals surface area (Å²) in [7, 11) is 6.61. The van der Waals surface area contributed by atoms with Crippen LogP contribution in [0.25, 0.3) is 22.3 Å². The Morgan fingerprint density at radius 3 is 2.45 bits per heavy atom. The molecule has 0 spiro atoms. The van der Waals surface area contributed by atoms with Crippen LogP contribution in [0.5, 0.6) is 11.5 Å². The smallest absolute Gasteiger partial charge is 0.272 e. The van der Waals surface area contributed by atoms with E-state index in [-0.39, 0.29) is 5.91 Å². The van der Waals surface area contributed by atoms with Gasteiger partial charge in [-0.25, -0.2) is 4.98 Å². The molecule has 0 bridgehead atoms. The molecule has 2 heterocycles. The van der Waals surface area contributed by atoms with Gasteiger partial charge in [0.05, 0.1) is 19.7 Å². The molecule has 4 rings (SSSR count). The minimum atomic E-state index is -0.218. The summed E-state index contributed by atoms with van der Waals surface area (Å²) in [6.07, 6.45) is 0. The summed E-state index contributed by atoms with van der Waals surface area (Å²) in [6.45, 7) is 0.365. The monoisotopic (exact) mass is 421 g/mol. The van der Waals surface area contributed by atoms with Crippen LogP contribution in [0.15, 0.2) is 42.5 Å². The Morgan fingerprint density at radius 2 is 1.77 bits per heavy atom. The molecule has 0 saturated carbocycles. The molecule has 4 aromatic rings. The van der Waals surface area contributed by atoms with E-state index >= 15 is 0 Å². The van der Waals surface area contributed by atoms with Crippen molar-refractivity contribution in [3.63, 3.8) is 0 Å². The molecule has 31 heavy (non-hydrogen) atoms. The average Bonchev–Trinajstić information content (AvgIpc) is 3.38. The summed E-state index contributed by atoms with van der Waals surface area (Å²) in [4.78, 5) is 17.3. The molecule has 2 N–H and O–H groups in total. The number of nitrogens with zero attached hydrogens (tertiary/aromatic N) is 3. The number of carbonyl (C=O) groups is 1. The van der Waals surface area contributed by atoms with Crippen LogP contribution >= 0.6 is 0 Å². The lowest BCUT2D eigenvalue weighted by Gasteiger charge is -2.09. The first-order valence-electron chi connectivity index (χ1n) is 9.57. The van der Waals surface area contributed by atoms with Crippen molar-refractivity contribution in [1.29, 1.82) is 0 Å². The van der Waals surface area contributed by atoms with Crippen LogP contribution in [0.1, 0.15) is 16.3 Å². The van der Waals surface area contributed by atoms with Crippen molar-refractivity contribution >= 4 is 22.5 Å². The first-order chi connectivity index (χ1) is 15.0. The van der Waals surface area contributed by atoms with E-state index in [1.54, 1.807) is 21.3 Å². The number of methoxy groups -OCH3 is 3. The molecule has 0 aliphatic rings. The molecule has 0 radical (unpaired) electrons. The molecule has 0 aliphatic carbocycles. The third-order valence-corrected chi connectivity index (χ3v) is 4.99. The number of aromatic amines is 1. The highest BCUT2D eigenvalue weighted by Crippen LogP contribution is 2.33. The molecule has 0 fully saturated rings. The van der Waals surface area contributed by atoms with Crippen molar-refractivity contribution in [2.75, 3.05) is 26.6 Å². The van der Waals surface area contributed by atoms with Crippen molar-refractivity contribution in [3.8, 4) is 22.9 Å². The van der Waals surface area contributed by atoms with Crippen molar-refractivity contribution in [1.82, 2.24) is 19.7 Å². The number of rotatable bonds is 7. The molecule has 160 valence electrons. The maximum atomic E-state index is 12.9. The van der Waals surface area contributed by atoms with E-state index in [4.69, 9.17) is 14.2 Å². The highest BCUT2D eigenvalue weighted by Gasteiger charge is 2.16. The van der Waals surface area contributed by atoms with Gasteiger partial charge in [0, 0.05) is 36.9 Å². The minimum absolute atomic E-state index is 0.218. The van der Waals surface area contributed by atoms with Crippen LogP contribution in [0.2, 0.25) is 0 Å². The molecule has 9 nitrogen and oxygen atoms in total. The zero-order chi connectivity index (χ0) is 22.0. The van der Waals surface area contributed by atoms with E-state index in [0.29, 0.717) is 41.1 Å². The van der Waals surface area contributed by atoms with Gasteiger partial charge in [0.25, 0.3) is 5.91 Å². The normalized spacial score (nSPS) is 11.0. The van der Waals surface area contributed by atoms with E-state index in [9.17, 15) is 4.79 Å². The molecule has 2 aromatic heterocycles. The van der Waals surface area contributed by atoms with Gasteiger partial charge < -0.3 is 24.1 Å². The van der Waals surface area contributed by atoms with Crippen LogP contribution in [0.3, 0.4) is 0 Å². The number of fused-ring (bicyclic) bond motifs is 1. The first kappa shape index (κ1) is 20.4. The zero-order valence-corrected chi connectivity index (χ0v) is 17.7. The number of carbonyl (C=O) groups excluding carboxylic acids is 1. The topological polar surface area (TPSA) is 103 Å². The van der Waals surface area contributed by atoms with Gasteiger partial charge in [-0.2, -0.15) is 5.10 Å². The van der Waals surface area contributed by atoms with Crippen LogP contribution in [-0.4, -0.2) is 47.0 Å². The predicted octanol–water partition coefficient (Wildman–Crippen LogP) is 3.38. The van der Waals surface area contributed by atoms with E-state index in [1.807, 2.05) is 54.1 Å². The third-order valence-electron chi connectivity index (χ3n) is 4.99. The number of amides is 1. The minimum Gasteiger partial charge on any atom is -0.493 e. The van der Waals surface area contributed by atoms with Gasteiger partial charge >= 0.3 is 0 Å². The number of hydrogen-bond acceptors (Lipinski definition) is 6. The van der Waals surface area contributed by atoms with E-state index < -0.39 is 0 Å². The summed E-state index contributed by atoms with van der Waals surface area (Å²) >= 11 is 0. The molecule has 0 aliphatic heterocycles. The van der Waals surface area contributed by atoms with Crippen LogP contribution in [-0.2, 0) is 18.4 Å². The molecule has 0 unspecified atom stereocenters. The number of aryl methyl sites for hydroxylation is 1. The second kappa shape index (κ2) is 8.49. The van der Waals surface area contributed by atoms with Crippen LogP contribution in [0.4, 0.5) is 5.69 Å². The van der Waals surface area contributed by atoms with Gasteiger partial charge in [0.1, 0.15) is 12.3 Å². The number of ether oxygens (including phenoxy) is 3. The Balaban J connectivity index is 1.55. The van der Waals surface area contributed by atoms with Crippen molar-refractivity contribution in [3.05, 3.63) is 54.0 Å². The summed E-state index contributed by atoms with van der Waals surface area (Å²) in [5.74, 6) is 2.23. The number of aromatic nitrogens is 4. The first-order valence-corrected chi connectivity index (χ1v) is 9.57. The highest BCUT2D eigenvalue weighted by atomic mass is 16.5.